The molecule has 1 aromatic rings. The Hall–Kier alpha value is -1.75. The van der Waals surface area contributed by atoms with Crippen molar-refractivity contribution >= 4 is 6.09 Å². The Morgan fingerprint density at radius 1 is 1.39 bits per heavy atom. The maximum absolute atomic E-state index is 12.3. The number of aromatic hydroxyl groups is 1. The zero-order chi connectivity index (χ0) is 17.0. The molecule has 0 aliphatic carbocycles. The Balaban J connectivity index is 1.88. The van der Waals surface area contributed by atoms with E-state index in [2.05, 4.69) is 12.2 Å². The average Bonchev–Trinajstić information content (AvgIpc) is 2.92. The summed E-state index contributed by atoms with van der Waals surface area (Å²) in [6, 6.07) is 7.54. The Bertz CT molecular complexity index is 522. The lowest BCUT2D eigenvalue weighted by Crippen LogP contribution is -2.44. The summed E-state index contributed by atoms with van der Waals surface area (Å²) in [5.74, 6) is 0.271. The minimum Gasteiger partial charge on any atom is -0.508 e. The molecule has 1 saturated heterocycles. The van der Waals surface area contributed by atoms with Crippen LogP contribution in [0.25, 0.3) is 0 Å². The van der Waals surface area contributed by atoms with E-state index in [1.54, 1.807) is 12.1 Å². The second-order valence-corrected chi connectivity index (χ2v) is 7.19. The van der Waals surface area contributed by atoms with Crippen molar-refractivity contribution < 1.29 is 14.6 Å². The van der Waals surface area contributed by atoms with Gasteiger partial charge in [-0.25, -0.2) is 4.79 Å². The molecule has 1 aliphatic heterocycles. The summed E-state index contributed by atoms with van der Waals surface area (Å²) in [5, 5.41) is 12.8. The molecular formula is C18H28N2O3. The van der Waals surface area contributed by atoms with Crippen molar-refractivity contribution in [2.45, 2.75) is 58.2 Å². The predicted octanol–water partition coefficient (Wildman–Crippen LogP) is 3.44. The van der Waals surface area contributed by atoms with E-state index in [1.807, 2.05) is 37.8 Å². The summed E-state index contributed by atoms with van der Waals surface area (Å²) >= 11 is 0. The first-order valence-corrected chi connectivity index (χ1v) is 8.28. The third-order valence-corrected chi connectivity index (χ3v) is 4.06. The minimum atomic E-state index is -0.461. The molecule has 1 aromatic carbocycles. The highest BCUT2D eigenvalue weighted by Crippen LogP contribution is 2.22. The van der Waals surface area contributed by atoms with Gasteiger partial charge in [0, 0.05) is 25.2 Å². The average molecular weight is 320 g/mol. The molecule has 2 atom stereocenters. The van der Waals surface area contributed by atoms with Crippen LogP contribution in [0.2, 0.25) is 0 Å². The van der Waals surface area contributed by atoms with Crippen LogP contribution in [0.3, 0.4) is 0 Å². The standard InChI is InChI=1S/C18H28N2O3/c1-13(14-7-9-16(21)10-8-14)19-12-15-6-5-11-20(15)17(22)23-18(2,3)4/h7-10,13,15,19,21H,5-6,11-12H2,1-4H3. The first-order chi connectivity index (χ1) is 10.8. The molecule has 2 unspecified atom stereocenters. The lowest BCUT2D eigenvalue weighted by Gasteiger charge is -2.29. The summed E-state index contributed by atoms with van der Waals surface area (Å²) in [7, 11) is 0. The van der Waals surface area contributed by atoms with Crippen molar-refractivity contribution in [2.75, 3.05) is 13.1 Å². The van der Waals surface area contributed by atoms with Gasteiger partial charge in [-0.15, -0.1) is 0 Å². The minimum absolute atomic E-state index is 0.164. The highest BCUT2D eigenvalue weighted by molar-refractivity contribution is 5.69. The lowest BCUT2D eigenvalue weighted by atomic mass is 10.1. The van der Waals surface area contributed by atoms with Crippen LogP contribution in [0.5, 0.6) is 5.75 Å². The van der Waals surface area contributed by atoms with Crippen molar-refractivity contribution in [3.05, 3.63) is 29.8 Å². The maximum Gasteiger partial charge on any atom is 0.410 e. The first kappa shape index (κ1) is 17.6. The van der Waals surface area contributed by atoms with Crippen molar-refractivity contribution in [3.8, 4) is 5.75 Å². The number of carbonyl (C=O) groups is 1. The molecule has 5 nitrogen and oxygen atoms in total. The number of nitrogens with zero attached hydrogens (tertiary/aromatic N) is 1. The Kier molecular flexibility index (Phi) is 5.52. The third kappa shape index (κ3) is 5.13. The van der Waals surface area contributed by atoms with Crippen LogP contribution < -0.4 is 5.32 Å². The Morgan fingerprint density at radius 2 is 2.04 bits per heavy atom. The van der Waals surface area contributed by atoms with E-state index in [-0.39, 0.29) is 23.9 Å². The van der Waals surface area contributed by atoms with Crippen LogP contribution in [0.4, 0.5) is 4.79 Å². The molecule has 1 aliphatic rings. The molecule has 5 heteroatoms. The number of amides is 1. The number of likely N-dealkylation sites (tertiary alicyclic amines) is 1. The van der Waals surface area contributed by atoms with E-state index in [0.717, 1.165) is 31.5 Å². The zero-order valence-corrected chi connectivity index (χ0v) is 14.5. The third-order valence-electron chi connectivity index (χ3n) is 4.06. The van der Waals surface area contributed by atoms with Crippen molar-refractivity contribution in [2.24, 2.45) is 0 Å². The highest BCUT2D eigenvalue weighted by atomic mass is 16.6. The normalized spacial score (nSPS) is 19.7. The summed E-state index contributed by atoms with van der Waals surface area (Å²) < 4.78 is 5.49. The smallest absolute Gasteiger partial charge is 0.410 e. The second kappa shape index (κ2) is 7.21. The van der Waals surface area contributed by atoms with E-state index in [1.165, 1.54) is 0 Å². The SMILES string of the molecule is CC(NCC1CCCN1C(=O)OC(C)(C)C)c1ccc(O)cc1. The highest BCUT2D eigenvalue weighted by Gasteiger charge is 2.32. The van der Waals surface area contributed by atoms with E-state index in [0.29, 0.717) is 0 Å². The summed E-state index contributed by atoms with van der Waals surface area (Å²) in [5.41, 5.74) is 0.654. The number of hydrogen-bond donors (Lipinski definition) is 2. The fraction of sp³-hybridized carbons (Fsp3) is 0.611. The second-order valence-electron chi connectivity index (χ2n) is 7.19. The topological polar surface area (TPSA) is 61.8 Å². The Labute approximate surface area is 138 Å². The van der Waals surface area contributed by atoms with Crippen LogP contribution in [-0.4, -0.2) is 40.8 Å². The van der Waals surface area contributed by atoms with Gasteiger partial charge in [0.15, 0.2) is 0 Å². The molecule has 0 saturated carbocycles. The number of phenols is 1. The summed E-state index contributed by atoms with van der Waals surface area (Å²) in [4.78, 5) is 14.1. The zero-order valence-electron chi connectivity index (χ0n) is 14.5. The summed E-state index contributed by atoms with van der Waals surface area (Å²) in [6.45, 7) is 9.25. The van der Waals surface area contributed by atoms with Crippen molar-refractivity contribution in [1.82, 2.24) is 10.2 Å². The molecule has 2 N–H and O–H groups in total. The molecule has 0 bridgehead atoms. The van der Waals surface area contributed by atoms with E-state index >= 15 is 0 Å². The largest absolute Gasteiger partial charge is 0.508 e. The van der Waals surface area contributed by atoms with Gasteiger partial charge in [0.25, 0.3) is 0 Å². The molecule has 1 amide bonds. The van der Waals surface area contributed by atoms with Crippen LogP contribution in [0.1, 0.15) is 52.1 Å². The van der Waals surface area contributed by atoms with Gasteiger partial charge in [-0.1, -0.05) is 12.1 Å². The number of ether oxygens (including phenoxy) is 1. The molecular weight excluding hydrogens is 292 g/mol. The number of nitrogens with one attached hydrogen (secondary N) is 1. The molecule has 0 radical (unpaired) electrons. The van der Waals surface area contributed by atoms with Gasteiger partial charge in [-0.3, -0.25) is 0 Å². The Morgan fingerprint density at radius 3 is 2.65 bits per heavy atom. The number of carbonyl (C=O) groups excluding carboxylic acids is 1. The molecule has 1 heterocycles. The predicted molar refractivity (Wildman–Crippen MR) is 90.5 cm³/mol. The molecule has 128 valence electrons. The van der Waals surface area contributed by atoms with Crippen LogP contribution in [0.15, 0.2) is 24.3 Å². The van der Waals surface area contributed by atoms with Crippen LogP contribution >= 0.6 is 0 Å². The van der Waals surface area contributed by atoms with E-state index < -0.39 is 5.60 Å². The van der Waals surface area contributed by atoms with Gasteiger partial charge in [0.2, 0.25) is 0 Å². The molecule has 23 heavy (non-hydrogen) atoms. The monoisotopic (exact) mass is 320 g/mol. The molecule has 1 fully saturated rings. The van der Waals surface area contributed by atoms with Crippen molar-refractivity contribution in [3.63, 3.8) is 0 Å². The molecule has 0 spiro atoms. The fourth-order valence-corrected chi connectivity index (χ4v) is 2.80. The molecule has 2 rings (SSSR count). The van der Waals surface area contributed by atoms with Gasteiger partial charge in [-0.2, -0.15) is 0 Å². The number of benzene rings is 1. The number of rotatable bonds is 4. The quantitative estimate of drug-likeness (QED) is 0.892. The lowest BCUT2D eigenvalue weighted by molar-refractivity contribution is 0.0225. The fourth-order valence-electron chi connectivity index (χ4n) is 2.80. The summed E-state index contributed by atoms with van der Waals surface area (Å²) in [6.07, 6.45) is 1.78. The van der Waals surface area contributed by atoms with Gasteiger partial charge in [-0.05, 0) is 58.2 Å². The maximum atomic E-state index is 12.3. The first-order valence-electron chi connectivity index (χ1n) is 8.28. The van der Waals surface area contributed by atoms with E-state index in [9.17, 15) is 9.90 Å². The van der Waals surface area contributed by atoms with Crippen LogP contribution in [0, 0.1) is 0 Å². The van der Waals surface area contributed by atoms with Gasteiger partial charge in [0.1, 0.15) is 11.4 Å². The number of phenolic OH excluding ortho intramolecular Hbond substituents is 1. The van der Waals surface area contributed by atoms with E-state index in [4.69, 9.17) is 4.74 Å². The van der Waals surface area contributed by atoms with Gasteiger partial charge in [0.05, 0.1) is 0 Å². The van der Waals surface area contributed by atoms with Crippen molar-refractivity contribution in [1.29, 1.82) is 0 Å². The van der Waals surface area contributed by atoms with Gasteiger partial charge < -0.3 is 20.1 Å². The van der Waals surface area contributed by atoms with Crippen LogP contribution in [-0.2, 0) is 4.74 Å². The number of hydrogen-bond acceptors (Lipinski definition) is 4. The van der Waals surface area contributed by atoms with Gasteiger partial charge >= 0.3 is 6.09 Å². The molecule has 0 aromatic heterocycles.